The predicted molar refractivity (Wildman–Crippen MR) is 153 cm³/mol. The van der Waals surface area contributed by atoms with Crippen molar-refractivity contribution in [1.82, 2.24) is 21.3 Å². The first-order chi connectivity index (χ1) is 20.2. The molecule has 14 heteroatoms. The van der Waals surface area contributed by atoms with E-state index in [-0.39, 0.29) is 18.6 Å². The summed E-state index contributed by atoms with van der Waals surface area (Å²) in [5.41, 5.74) is 5.53. The van der Waals surface area contributed by atoms with Crippen LogP contribution in [0.4, 0.5) is 4.79 Å². The third-order valence-electron chi connectivity index (χ3n) is 5.51. The van der Waals surface area contributed by atoms with Crippen molar-refractivity contribution in [1.29, 1.82) is 0 Å². The standard InChI is InChI=1S/C29H37N5O9/c1-29(2,3)43-28(41)34-21(13-19-9-11-20(35)12-10-19)26(39)32-15-24(37)31-16-25(38)33-22(27(40)42-17-23(30)36)14-18-7-5-4-6-8-18/h4-12,21-22,35H,13-17H2,1-3H3,(H2,30,36)(H,31,37)(H,32,39)(H,33,38)(H,34,41)/t21-,22-/m0/s1. The van der Waals surface area contributed by atoms with Gasteiger partial charge < -0.3 is 41.6 Å². The molecule has 2 aromatic rings. The minimum atomic E-state index is -1.16. The van der Waals surface area contributed by atoms with E-state index in [0.717, 1.165) is 0 Å². The molecule has 232 valence electrons. The fourth-order valence-corrected chi connectivity index (χ4v) is 3.59. The molecule has 0 unspecified atom stereocenters. The lowest BCUT2D eigenvalue weighted by Crippen LogP contribution is -2.52. The molecule has 0 saturated carbocycles. The number of amides is 5. The van der Waals surface area contributed by atoms with E-state index in [1.54, 1.807) is 63.2 Å². The van der Waals surface area contributed by atoms with Crippen LogP contribution in [0.3, 0.4) is 0 Å². The van der Waals surface area contributed by atoms with E-state index in [1.165, 1.54) is 12.1 Å². The first kappa shape index (κ1) is 34.1. The van der Waals surface area contributed by atoms with E-state index in [2.05, 4.69) is 21.3 Å². The number of esters is 1. The molecular weight excluding hydrogens is 562 g/mol. The lowest BCUT2D eigenvalue weighted by molar-refractivity contribution is -0.151. The van der Waals surface area contributed by atoms with Gasteiger partial charge in [0.25, 0.3) is 5.91 Å². The molecule has 0 aliphatic heterocycles. The molecule has 5 amide bonds. The summed E-state index contributed by atoms with van der Waals surface area (Å²) in [6.45, 7) is 3.27. The minimum Gasteiger partial charge on any atom is -0.508 e. The highest BCUT2D eigenvalue weighted by Crippen LogP contribution is 2.12. The van der Waals surface area contributed by atoms with Gasteiger partial charge in [-0.25, -0.2) is 9.59 Å². The molecule has 0 heterocycles. The van der Waals surface area contributed by atoms with Gasteiger partial charge in [-0.3, -0.25) is 19.2 Å². The van der Waals surface area contributed by atoms with Crippen molar-refractivity contribution in [2.75, 3.05) is 19.7 Å². The smallest absolute Gasteiger partial charge is 0.408 e. The van der Waals surface area contributed by atoms with Crippen LogP contribution in [-0.2, 0) is 46.3 Å². The summed E-state index contributed by atoms with van der Waals surface area (Å²) in [5, 5.41) is 19.2. The SMILES string of the molecule is CC(C)(C)OC(=O)N[C@@H](Cc1ccc(O)cc1)C(=O)NCC(=O)NCC(=O)N[C@@H](Cc1ccccc1)C(=O)OCC(N)=O. The minimum absolute atomic E-state index is 0.0273. The number of ether oxygens (including phenoxy) is 2. The maximum atomic E-state index is 12.9. The molecule has 0 spiro atoms. The van der Waals surface area contributed by atoms with Crippen LogP contribution in [0.1, 0.15) is 31.9 Å². The Hall–Kier alpha value is -5.14. The van der Waals surface area contributed by atoms with Gasteiger partial charge in [0.2, 0.25) is 17.7 Å². The van der Waals surface area contributed by atoms with Crippen molar-refractivity contribution in [3.63, 3.8) is 0 Å². The number of rotatable bonds is 14. The number of nitrogens with one attached hydrogen (secondary N) is 4. The van der Waals surface area contributed by atoms with E-state index >= 15 is 0 Å². The molecule has 2 atom stereocenters. The maximum Gasteiger partial charge on any atom is 0.408 e. The lowest BCUT2D eigenvalue weighted by Gasteiger charge is -2.23. The molecule has 14 nitrogen and oxygen atoms in total. The highest BCUT2D eigenvalue weighted by atomic mass is 16.6. The number of phenols is 1. The molecule has 0 saturated heterocycles. The first-order valence-electron chi connectivity index (χ1n) is 13.3. The van der Waals surface area contributed by atoms with Gasteiger partial charge in [-0.05, 0) is 44.0 Å². The van der Waals surface area contributed by atoms with Crippen LogP contribution in [0.2, 0.25) is 0 Å². The Kier molecular flexibility index (Phi) is 12.9. The fraction of sp³-hybridized carbons (Fsp3) is 0.379. The Morgan fingerprint density at radius 2 is 1.37 bits per heavy atom. The zero-order valence-corrected chi connectivity index (χ0v) is 24.2. The van der Waals surface area contributed by atoms with Crippen molar-refractivity contribution < 1.29 is 43.3 Å². The van der Waals surface area contributed by atoms with Gasteiger partial charge in [0, 0.05) is 12.8 Å². The van der Waals surface area contributed by atoms with Crippen LogP contribution in [0, 0.1) is 0 Å². The van der Waals surface area contributed by atoms with E-state index < -0.39 is 73.1 Å². The molecule has 2 rings (SSSR count). The first-order valence-corrected chi connectivity index (χ1v) is 13.3. The van der Waals surface area contributed by atoms with Crippen molar-refractivity contribution in [3.8, 4) is 5.75 Å². The second-order valence-electron chi connectivity index (χ2n) is 10.4. The topological polar surface area (TPSA) is 215 Å². The molecule has 0 aromatic heterocycles. The second kappa shape index (κ2) is 16.3. The summed E-state index contributed by atoms with van der Waals surface area (Å²) in [5.74, 6) is -3.86. The highest BCUT2D eigenvalue weighted by molar-refractivity contribution is 5.92. The molecule has 2 aromatic carbocycles. The van der Waals surface area contributed by atoms with Gasteiger partial charge >= 0.3 is 12.1 Å². The zero-order chi connectivity index (χ0) is 32.0. The van der Waals surface area contributed by atoms with E-state index in [0.29, 0.717) is 11.1 Å². The second-order valence-corrected chi connectivity index (χ2v) is 10.4. The monoisotopic (exact) mass is 599 g/mol. The van der Waals surface area contributed by atoms with Crippen molar-refractivity contribution >= 4 is 35.7 Å². The van der Waals surface area contributed by atoms with Gasteiger partial charge in [-0.2, -0.15) is 0 Å². The fourth-order valence-electron chi connectivity index (χ4n) is 3.59. The molecule has 0 radical (unpaired) electrons. The number of aromatic hydroxyl groups is 1. The van der Waals surface area contributed by atoms with E-state index in [4.69, 9.17) is 15.2 Å². The number of hydrogen-bond acceptors (Lipinski definition) is 9. The van der Waals surface area contributed by atoms with Gasteiger partial charge in [0.1, 0.15) is 23.4 Å². The Bertz CT molecular complexity index is 1280. The molecule has 0 bridgehead atoms. The Balaban J connectivity index is 1.94. The molecule has 7 N–H and O–H groups in total. The molecular formula is C29H37N5O9. The number of benzene rings is 2. The Morgan fingerprint density at radius 3 is 1.98 bits per heavy atom. The summed E-state index contributed by atoms with van der Waals surface area (Å²) >= 11 is 0. The van der Waals surface area contributed by atoms with Crippen molar-refractivity contribution in [2.45, 2.75) is 51.3 Å². The Labute approximate surface area is 248 Å². The summed E-state index contributed by atoms with van der Waals surface area (Å²) in [6.07, 6.45) is -0.752. The van der Waals surface area contributed by atoms with E-state index in [9.17, 15) is 33.9 Å². The van der Waals surface area contributed by atoms with Crippen molar-refractivity contribution in [2.24, 2.45) is 5.73 Å². The summed E-state index contributed by atoms with van der Waals surface area (Å²) in [6, 6.07) is 12.5. The van der Waals surface area contributed by atoms with Crippen molar-refractivity contribution in [3.05, 3.63) is 65.7 Å². The largest absolute Gasteiger partial charge is 0.508 e. The van der Waals surface area contributed by atoms with Gasteiger partial charge in [-0.1, -0.05) is 42.5 Å². The normalized spacial score (nSPS) is 12.2. The summed E-state index contributed by atoms with van der Waals surface area (Å²) in [4.78, 5) is 73.5. The lowest BCUT2D eigenvalue weighted by atomic mass is 10.1. The molecule has 0 aliphatic carbocycles. The maximum absolute atomic E-state index is 12.9. The Morgan fingerprint density at radius 1 is 0.791 bits per heavy atom. The summed E-state index contributed by atoms with van der Waals surface area (Å²) < 4.78 is 10.1. The number of carbonyl (C=O) groups excluding carboxylic acids is 6. The number of alkyl carbamates (subject to hydrolysis) is 1. The highest BCUT2D eigenvalue weighted by Gasteiger charge is 2.26. The number of phenolic OH excluding ortho intramolecular Hbond substituents is 1. The van der Waals surface area contributed by atoms with Crippen LogP contribution in [-0.4, -0.2) is 78.2 Å². The van der Waals surface area contributed by atoms with Crippen LogP contribution in [0.15, 0.2) is 54.6 Å². The average Bonchev–Trinajstić information content (AvgIpc) is 2.93. The third-order valence-corrected chi connectivity index (χ3v) is 5.51. The molecule has 0 fully saturated rings. The number of primary amides is 1. The van der Waals surface area contributed by atoms with Crippen LogP contribution >= 0.6 is 0 Å². The molecule has 0 aliphatic rings. The summed E-state index contributed by atoms with van der Waals surface area (Å²) in [7, 11) is 0. The van der Waals surface area contributed by atoms with Crippen LogP contribution < -0.4 is 27.0 Å². The van der Waals surface area contributed by atoms with Gasteiger partial charge in [-0.15, -0.1) is 0 Å². The number of carbonyl (C=O) groups is 6. The predicted octanol–water partition coefficient (Wildman–Crippen LogP) is -0.184. The van der Waals surface area contributed by atoms with Gasteiger partial charge in [0.15, 0.2) is 6.61 Å². The average molecular weight is 600 g/mol. The van der Waals surface area contributed by atoms with Crippen LogP contribution in [0.25, 0.3) is 0 Å². The third kappa shape index (κ3) is 13.9. The zero-order valence-electron chi connectivity index (χ0n) is 24.2. The number of nitrogens with two attached hydrogens (primary N) is 1. The van der Waals surface area contributed by atoms with E-state index in [1.807, 2.05) is 0 Å². The number of hydrogen-bond donors (Lipinski definition) is 6. The quantitative estimate of drug-likeness (QED) is 0.159. The van der Waals surface area contributed by atoms with Crippen LogP contribution in [0.5, 0.6) is 5.75 Å². The van der Waals surface area contributed by atoms with Gasteiger partial charge in [0.05, 0.1) is 13.1 Å². The molecule has 43 heavy (non-hydrogen) atoms.